The summed E-state index contributed by atoms with van der Waals surface area (Å²) in [5.74, 6) is -0.102. The van der Waals surface area contributed by atoms with Gasteiger partial charge in [0.2, 0.25) is 0 Å². The molecule has 3 heterocycles. The van der Waals surface area contributed by atoms with E-state index in [-0.39, 0.29) is 5.91 Å². The molecular weight excluding hydrogens is 278 g/mol. The van der Waals surface area contributed by atoms with Gasteiger partial charge in [0.05, 0.1) is 29.9 Å². The van der Waals surface area contributed by atoms with Crippen molar-refractivity contribution in [1.82, 2.24) is 14.5 Å². The molecule has 2 aromatic heterocycles. The van der Waals surface area contributed by atoms with Crippen LogP contribution in [0.5, 0.6) is 0 Å². The zero-order valence-electron chi connectivity index (χ0n) is 11.9. The predicted molar refractivity (Wildman–Crippen MR) is 81.3 cm³/mol. The Balaban J connectivity index is 1.70. The van der Waals surface area contributed by atoms with E-state index < -0.39 is 6.10 Å². The van der Waals surface area contributed by atoms with Crippen molar-refractivity contribution < 1.29 is 9.90 Å². The summed E-state index contributed by atoms with van der Waals surface area (Å²) in [5, 5.41) is 14.5. The predicted octanol–water partition coefficient (Wildman–Crippen LogP) is 2.02. The van der Waals surface area contributed by atoms with Gasteiger partial charge in [-0.2, -0.15) is 5.10 Å². The van der Waals surface area contributed by atoms with Gasteiger partial charge < -0.3 is 10.0 Å². The molecule has 1 aliphatic heterocycles. The molecule has 110 valence electrons. The molecule has 0 aliphatic carbocycles. The van der Waals surface area contributed by atoms with Crippen molar-refractivity contribution in [2.24, 2.45) is 0 Å². The minimum Gasteiger partial charge on any atom is -0.387 e. The number of hydrogen-bond acceptors (Lipinski definition) is 3. The van der Waals surface area contributed by atoms with Crippen LogP contribution in [0.3, 0.4) is 0 Å². The number of aliphatic hydroxyl groups excluding tert-OH is 1. The van der Waals surface area contributed by atoms with Crippen molar-refractivity contribution >= 4 is 11.4 Å². The fourth-order valence-corrected chi connectivity index (χ4v) is 3.00. The Morgan fingerprint density at radius 3 is 2.91 bits per heavy atom. The van der Waals surface area contributed by atoms with E-state index in [9.17, 15) is 9.90 Å². The maximum atomic E-state index is 12.8. The second-order valence-electron chi connectivity index (χ2n) is 5.49. The summed E-state index contributed by atoms with van der Waals surface area (Å²) >= 11 is 0. The number of aliphatic hydroxyl groups is 1. The topological polar surface area (TPSA) is 57.8 Å². The lowest BCUT2D eigenvalue weighted by Crippen LogP contribution is -2.38. The monoisotopic (exact) mass is 293 g/mol. The third-order valence-corrected chi connectivity index (χ3v) is 4.11. The maximum absolute atomic E-state index is 12.8. The first-order valence-electron chi connectivity index (χ1n) is 7.21. The van der Waals surface area contributed by atoms with Gasteiger partial charge in [0.25, 0.3) is 5.91 Å². The average molecular weight is 293 g/mol. The van der Waals surface area contributed by atoms with Crippen molar-refractivity contribution in [3.63, 3.8) is 0 Å². The summed E-state index contributed by atoms with van der Waals surface area (Å²) < 4.78 is 1.68. The maximum Gasteiger partial charge on any atom is 0.258 e. The molecule has 0 spiro atoms. The number of benzene rings is 1. The van der Waals surface area contributed by atoms with E-state index in [0.717, 1.165) is 16.6 Å². The standard InChI is InChI=1S/C17H15N3O2/c21-16-11-19(10-12-5-1-2-6-13(12)16)17(22)14-9-18-20-8-4-3-7-15(14)20/h1-9,16,21H,10-11H2/t16-/m1/s1. The summed E-state index contributed by atoms with van der Waals surface area (Å²) in [5.41, 5.74) is 3.24. The van der Waals surface area contributed by atoms with E-state index in [1.54, 1.807) is 15.6 Å². The van der Waals surface area contributed by atoms with E-state index in [4.69, 9.17) is 0 Å². The van der Waals surface area contributed by atoms with Crippen LogP contribution in [-0.4, -0.2) is 32.1 Å². The molecule has 0 saturated carbocycles. The lowest BCUT2D eigenvalue weighted by Gasteiger charge is -2.32. The van der Waals surface area contributed by atoms with Crippen LogP contribution in [0.4, 0.5) is 0 Å². The molecule has 1 atom stereocenters. The molecule has 22 heavy (non-hydrogen) atoms. The highest BCUT2D eigenvalue weighted by molar-refractivity contribution is 6.00. The SMILES string of the molecule is O=C(c1cnn2ccccc12)N1Cc2ccccc2[C@H](O)C1. The molecule has 3 aromatic rings. The number of nitrogens with zero attached hydrogens (tertiary/aromatic N) is 3. The van der Waals surface area contributed by atoms with Crippen LogP contribution in [0.2, 0.25) is 0 Å². The number of fused-ring (bicyclic) bond motifs is 2. The van der Waals surface area contributed by atoms with Gasteiger partial charge in [0, 0.05) is 12.7 Å². The normalized spacial score (nSPS) is 17.5. The second-order valence-corrected chi connectivity index (χ2v) is 5.49. The first-order chi connectivity index (χ1) is 10.7. The number of carbonyl (C=O) groups is 1. The van der Waals surface area contributed by atoms with Gasteiger partial charge >= 0.3 is 0 Å². The highest BCUT2D eigenvalue weighted by Crippen LogP contribution is 2.27. The fraction of sp³-hybridized carbons (Fsp3) is 0.176. The van der Waals surface area contributed by atoms with Crippen LogP contribution < -0.4 is 0 Å². The quantitative estimate of drug-likeness (QED) is 0.747. The first-order valence-corrected chi connectivity index (χ1v) is 7.21. The Morgan fingerprint density at radius 1 is 1.18 bits per heavy atom. The lowest BCUT2D eigenvalue weighted by molar-refractivity contribution is 0.0552. The van der Waals surface area contributed by atoms with Gasteiger partial charge in [0.1, 0.15) is 0 Å². The van der Waals surface area contributed by atoms with E-state index in [1.807, 2.05) is 48.7 Å². The van der Waals surface area contributed by atoms with E-state index in [2.05, 4.69) is 5.10 Å². The van der Waals surface area contributed by atoms with Gasteiger partial charge in [-0.25, -0.2) is 4.52 Å². The van der Waals surface area contributed by atoms with Crippen molar-refractivity contribution in [2.75, 3.05) is 6.54 Å². The molecule has 1 N–H and O–H groups in total. The Bertz CT molecular complexity index is 856. The van der Waals surface area contributed by atoms with Crippen LogP contribution in [-0.2, 0) is 6.54 Å². The largest absolute Gasteiger partial charge is 0.387 e. The highest BCUT2D eigenvalue weighted by Gasteiger charge is 2.28. The Hall–Kier alpha value is -2.66. The lowest BCUT2D eigenvalue weighted by atomic mass is 9.97. The van der Waals surface area contributed by atoms with Gasteiger partial charge in [-0.05, 0) is 23.3 Å². The van der Waals surface area contributed by atoms with Gasteiger partial charge in [0.15, 0.2) is 0 Å². The van der Waals surface area contributed by atoms with Gasteiger partial charge in [-0.15, -0.1) is 0 Å². The third-order valence-electron chi connectivity index (χ3n) is 4.11. The van der Waals surface area contributed by atoms with Crippen LogP contribution in [0.25, 0.3) is 5.52 Å². The Kier molecular flexibility index (Phi) is 2.94. The smallest absolute Gasteiger partial charge is 0.258 e. The van der Waals surface area contributed by atoms with E-state index >= 15 is 0 Å². The average Bonchev–Trinajstić information content (AvgIpc) is 2.98. The molecule has 5 heteroatoms. The summed E-state index contributed by atoms with van der Waals surface area (Å²) in [6.45, 7) is 0.816. The molecule has 1 aromatic carbocycles. The molecule has 0 saturated heterocycles. The zero-order valence-corrected chi connectivity index (χ0v) is 11.9. The number of β-amino-alcohol motifs (C(OH)–C–C–N with tert-alkyl or cyclic N) is 1. The van der Waals surface area contributed by atoms with E-state index in [0.29, 0.717) is 18.7 Å². The zero-order chi connectivity index (χ0) is 15.1. The number of pyridine rings is 1. The molecule has 0 radical (unpaired) electrons. The number of amides is 1. The van der Waals surface area contributed by atoms with Crippen LogP contribution >= 0.6 is 0 Å². The number of carbonyl (C=O) groups excluding carboxylic acids is 1. The van der Waals surface area contributed by atoms with Crippen molar-refractivity contribution in [3.8, 4) is 0 Å². The minimum atomic E-state index is -0.643. The fourth-order valence-electron chi connectivity index (χ4n) is 3.00. The Labute approximate surface area is 127 Å². The van der Waals surface area contributed by atoms with Crippen molar-refractivity contribution in [3.05, 3.63) is 71.5 Å². The second kappa shape index (κ2) is 4.96. The summed E-state index contributed by atoms with van der Waals surface area (Å²) in [6, 6.07) is 13.3. The summed E-state index contributed by atoms with van der Waals surface area (Å²) in [4.78, 5) is 14.5. The molecule has 0 unspecified atom stereocenters. The summed E-state index contributed by atoms with van der Waals surface area (Å²) in [6.07, 6.45) is 2.76. The molecular formula is C17H15N3O2. The highest BCUT2D eigenvalue weighted by atomic mass is 16.3. The molecule has 1 amide bonds. The first kappa shape index (κ1) is 13.0. The number of hydrogen-bond donors (Lipinski definition) is 1. The molecule has 1 aliphatic rings. The Morgan fingerprint density at radius 2 is 2.00 bits per heavy atom. The molecule has 0 fully saturated rings. The van der Waals surface area contributed by atoms with Gasteiger partial charge in [-0.3, -0.25) is 4.79 Å². The number of aromatic nitrogens is 2. The third kappa shape index (κ3) is 1.98. The van der Waals surface area contributed by atoms with Crippen LogP contribution in [0.15, 0.2) is 54.9 Å². The van der Waals surface area contributed by atoms with E-state index in [1.165, 1.54) is 0 Å². The number of rotatable bonds is 1. The summed E-state index contributed by atoms with van der Waals surface area (Å²) in [7, 11) is 0. The van der Waals surface area contributed by atoms with Crippen molar-refractivity contribution in [2.45, 2.75) is 12.6 Å². The van der Waals surface area contributed by atoms with Crippen molar-refractivity contribution in [1.29, 1.82) is 0 Å². The minimum absolute atomic E-state index is 0.102. The molecule has 5 nitrogen and oxygen atoms in total. The molecule has 0 bridgehead atoms. The van der Waals surface area contributed by atoms with Crippen LogP contribution in [0, 0.1) is 0 Å². The van der Waals surface area contributed by atoms with Gasteiger partial charge in [-0.1, -0.05) is 30.3 Å². The molecule has 4 rings (SSSR count). The van der Waals surface area contributed by atoms with Crippen LogP contribution in [0.1, 0.15) is 27.6 Å².